The zero-order valence-corrected chi connectivity index (χ0v) is 29.3. The minimum Gasteiger partial charge on any atom is -0.543 e. The Morgan fingerprint density at radius 2 is 2.24 bits per heavy atom. The Kier molecular flexibility index (Phi) is 9.61. The summed E-state index contributed by atoms with van der Waals surface area (Å²) in [7, 11) is 0. The first-order chi connectivity index (χ1) is 24.1. The van der Waals surface area contributed by atoms with Crippen molar-refractivity contribution in [3.63, 3.8) is 0 Å². The molecule has 0 spiro atoms. The molecular weight excluding hydrogens is 704 g/mol. The number of hydrogen-bond donors (Lipinski definition) is 3. The van der Waals surface area contributed by atoms with Crippen LogP contribution in [0.2, 0.25) is 0 Å². The Morgan fingerprint density at radius 3 is 2.94 bits per heavy atom. The summed E-state index contributed by atoms with van der Waals surface area (Å²) in [6, 6.07) is 5.00. The van der Waals surface area contributed by atoms with Gasteiger partial charge in [-0.2, -0.15) is 4.57 Å². The van der Waals surface area contributed by atoms with Crippen LogP contribution >= 0.6 is 34.9 Å². The van der Waals surface area contributed by atoms with Crippen molar-refractivity contribution in [1.82, 2.24) is 20.5 Å². The van der Waals surface area contributed by atoms with Gasteiger partial charge in [0.2, 0.25) is 11.6 Å². The van der Waals surface area contributed by atoms with Crippen molar-refractivity contribution in [3.05, 3.63) is 52.6 Å². The lowest BCUT2D eigenvalue weighted by Crippen LogP contribution is -2.71. The van der Waals surface area contributed by atoms with Crippen LogP contribution in [0, 0.1) is 18.2 Å². The van der Waals surface area contributed by atoms with E-state index in [9.17, 15) is 19.5 Å². The first kappa shape index (κ1) is 34.1. The van der Waals surface area contributed by atoms with Gasteiger partial charge in [0.25, 0.3) is 11.8 Å². The SMILES string of the molecule is C#CC(O/N=C\C(=O)NC1C(=O)N2C(C(=O)[O-])=C(CSc3cc[n+](C4CC4)c4cc(N5CCNCC5C)c(F)cc34)CSC12)c1csc(N)n1. The van der Waals surface area contributed by atoms with Crippen molar-refractivity contribution >= 4 is 80.6 Å². The number of carboxylic acids is 1. The maximum absolute atomic E-state index is 15.7. The minimum absolute atomic E-state index is 0.145. The largest absolute Gasteiger partial charge is 0.543 e. The number of benzene rings is 1. The van der Waals surface area contributed by atoms with Gasteiger partial charge in [0.05, 0.1) is 22.7 Å². The van der Waals surface area contributed by atoms with E-state index in [4.69, 9.17) is 17.0 Å². The summed E-state index contributed by atoms with van der Waals surface area (Å²) in [6.45, 7) is 4.34. The number of aliphatic carboxylic acids is 1. The lowest BCUT2D eigenvalue weighted by atomic mass is 10.0. The molecule has 2 aromatic heterocycles. The Hall–Kier alpha value is -4.37. The first-order valence-electron chi connectivity index (χ1n) is 16.0. The van der Waals surface area contributed by atoms with Crippen molar-refractivity contribution in [2.24, 2.45) is 5.16 Å². The number of pyridine rings is 1. The zero-order valence-electron chi connectivity index (χ0n) is 26.8. The van der Waals surface area contributed by atoms with E-state index in [0.717, 1.165) is 52.8 Å². The number of nitrogen functional groups attached to an aromatic ring is 1. The number of nitrogens with zero attached hydrogens (tertiary/aromatic N) is 5. The van der Waals surface area contributed by atoms with Gasteiger partial charge in [-0.1, -0.05) is 11.1 Å². The molecule has 2 saturated heterocycles. The Balaban J connectivity index is 1.05. The van der Waals surface area contributed by atoms with Crippen LogP contribution < -0.4 is 30.9 Å². The van der Waals surface area contributed by atoms with E-state index in [1.807, 2.05) is 18.3 Å². The highest BCUT2D eigenvalue weighted by Gasteiger charge is 2.52. The van der Waals surface area contributed by atoms with Crippen LogP contribution in [0.3, 0.4) is 0 Å². The molecule has 13 nitrogen and oxygen atoms in total. The van der Waals surface area contributed by atoms with Crippen LogP contribution in [0.5, 0.6) is 0 Å². The number of fused-ring (bicyclic) bond motifs is 2. The number of hydrogen-bond acceptors (Lipinski definition) is 13. The molecule has 4 atom stereocenters. The van der Waals surface area contributed by atoms with Gasteiger partial charge in [-0.3, -0.25) is 14.5 Å². The molecule has 3 aromatic rings. The van der Waals surface area contributed by atoms with Gasteiger partial charge in [-0.25, -0.2) is 9.37 Å². The molecule has 17 heteroatoms. The maximum atomic E-state index is 15.7. The van der Waals surface area contributed by atoms with Crippen LogP contribution in [-0.4, -0.2) is 82.5 Å². The van der Waals surface area contributed by atoms with E-state index in [1.54, 1.807) is 11.4 Å². The summed E-state index contributed by atoms with van der Waals surface area (Å²) < 4.78 is 18.0. The van der Waals surface area contributed by atoms with Gasteiger partial charge in [0, 0.05) is 72.4 Å². The Bertz CT molecular complexity index is 1980. The number of nitrogens with one attached hydrogen (secondary N) is 2. The number of carboxylic acid groups (broad SMARTS) is 1. The molecule has 4 unspecified atom stereocenters. The van der Waals surface area contributed by atoms with Crippen LogP contribution in [0.15, 0.2) is 51.1 Å². The summed E-state index contributed by atoms with van der Waals surface area (Å²) in [5.41, 5.74) is 7.80. The number of terminal acetylenes is 1. The van der Waals surface area contributed by atoms with Gasteiger partial charge < -0.3 is 36.0 Å². The molecule has 50 heavy (non-hydrogen) atoms. The number of oxime groups is 1. The number of amides is 2. The van der Waals surface area contributed by atoms with Crippen LogP contribution in [0.25, 0.3) is 10.9 Å². The molecule has 1 aliphatic carbocycles. The zero-order chi connectivity index (χ0) is 35.1. The quantitative estimate of drug-likeness (QED) is 0.0649. The second-order valence-corrected chi connectivity index (χ2v) is 15.3. The fraction of sp³-hybridized carbons (Fsp3) is 0.394. The predicted octanol–water partition coefficient (Wildman–Crippen LogP) is 1.31. The molecule has 3 aliphatic heterocycles. The van der Waals surface area contributed by atoms with Gasteiger partial charge in [0.15, 0.2) is 17.4 Å². The Morgan fingerprint density at radius 1 is 1.42 bits per heavy atom. The number of aromatic nitrogens is 2. The molecule has 1 saturated carbocycles. The summed E-state index contributed by atoms with van der Waals surface area (Å²) >= 11 is 3.90. The van der Waals surface area contributed by atoms with Gasteiger partial charge >= 0.3 is 0 Å². The summed E-state index contributed by atoms with van der Waals surface area (Å²) in [5.74, 6) is -0.195. The number of halogens is 1. The van der Waals surface area contributed by atoms with Gasteiger partial charge in [0.1, 0.15) is 29.1 Å². The minimum atomic E-state index is -1.48. The number of carbonyl (C=O) groups is 3. The smallest absolute Gasteiger partial charge is 0.266 e. The fourth-order valence-corrected chi connectivity index (χ4v) is 9.46. The van der Waals surface area contributed by atoms with Crippen molar-refractivity contribution in [1.29, 1.82) is 0 Å². The molecule has 1 aromatic carbocycles. The number of nitrogens with two attached hydrogens (primary N) is 1. The monoisotopic (exact) mass is 736 g/mol. The van der Waals surface area contributed by atoms with Crippen molar-refractivity contribution < 1.29 is 33.3 Å². The highest BCUT2D eigenvalue weighted by Crippen LogP contribution is 2.42. The highest BCUT2D eigenvalue weighted by molar-refractivity contribution is 8.01. The molecule has 5 heterocycles. The molecule has 0 radical (unpaired) electrons. The fourth-order valence-electron chi connectivity index (χ4n) is 6.36. The lowest BCUT2D eigenvalue weighted by Gasteiger charge is -2.50. The van der Waals surface area contributed by atoms with E-state index in [0.29, 0.717) is 40.4 Å². The number of β-lactam (4-membered cyclic amide) rings is 1. The van der Waals surface area contributed by atoms with Gasteiger partial charge in [-0.05, 0) is 18.6 Å². The number of carbonyl (C=O) groups excluding carboxylic acids is 3. The summed E-state index contributed by atoms with van der Waals surface area (Å²) in [4.78, 5) is 51.4. The van der Waals surface area contributed by atoms with E-state index in [1.165, 1.54) is 34.9 Å². The normalized spacial score (nSPS) is 22.7. The maximum Gasteiger partial charge on any atom is 0.266 e. The van der Waals surface area contributed by atoms with Crippen LogP contribution in [0.1, 0.15) is 37.6 Å². The molecule has 260 valence electrons. The lowest BCUT2D eigenvalue weighted by molar-refractivity contribution is -0.675. The number of rotatable bonds is 11. The van der Waals surface area contributed by atoms with E-state index in [-0.39, 0.29) is 23.3 Å². The molecule has 4 aliphatic rings. The number of anilines is 2. The van der Waals surface area contributed by atoms with Crippen molar-refractivity contribution in [3.8, 4) is 12.3 Å². The average molecular weight is 737 g/mol. The number of thioether (sulfide) groups is 2. The standard InChI is InChI=1S/C33H33FN8O5S3/c1-3-25(22-16-50-33(35)38-22)47-37-13-27(43)39-28-30(44)42-29(32(45)46)18(15-49-31(28)42)14-48-26-6-8-41(19-4-5-19)23-11-24(21(34)10-20(23)26)40-9-7-36-12-17(40)2/h1,6,8,10-11,13,16-17,19,25,28,31,36H,4-5,7,9,12,14-15H2,2H3,(H3-,35,38,39,43,45,46)/b37-13-. The van der Waals surface area contributed by atoms with E-state index in [2.05, 4.69) is 43.1 Å². The topological polar surface area (TPSA) is 169 Å². The second kappa shape index (κ2) is 14.1. The molecule has 3 fully saturated rings. The number of piperazine rings is 1. The summed E-state index contributed by atoms with van der Waals surface area (Å²) in [5, 5.41) is 23.9. The third kappa shape index (κ3) is 6.60. The average Bonchev–Trinajstić information content (AvgIpc) is 3.86. The highest BCUT2D eigenvalue weighted by atomic mass is 32.2. The second-order valence-electron chi connectivity index (χ2n) is 12.3. The third-order valence-electron chi connectivity index (χ3n) is 8.98. The molecule has 2 amide bonds. The molecular formula is C33H33FN8O5S3. The molecule has 4 N–H and O–H groups in total. The predicted molar refractivity (Wildman–Crippen MR) is 188 cm³/mol. The Labute approximate surface area is 299 Å². The molecule has 0 bridgehead atoms. The van der Waals surface area contributed by atoms with Crippen LogP contribution in [-0.2, 0) is 19.2 Å². The van der Waals surface area contributed by atoms with Crippen molar-refractivity contribution in [2.45, 2.75) is 54.3 Å². The van der Waals surface area contributed by atoms with E-state index >= 15 is 4.39 Å². The first-order valence-corrected chi connectivity index (χ1v) is 18.9. The third-order valence-corrected chi connectivity index (χ3v) is 12.2. The molecule has 7 rings (SSSR count). The van der Waals surface area contributed by atoms with Gasteiger partial charge in [-0.15, -0.1) is 41.3 Å². The van der Waals surface area contributed by atoms with Crippen molar-refractivity contribution in [2.75, 3.05) is 41.8 Å². The number of thiazole rings is 1. The summed E-state index contributed by atoms with van der Waals surface area (Å²) in [6.07, 6.45) is 9.49. The van der Waals surface area contributed by atoms with Crippen LogP contribution in [0.4, 0.5) is 15.2 Å². The van der Waals surface area contributed by atoms with E-state index < -0.39 is 35.3 Å².